The molecule has 9 nitrogen and oxygen atoms in total. The molecule has 0 radical (unpaired) electrons. The smallest absolute Gasteiger partial charge is 0.410 e. The number of rotatable bonds is 5. The molecule has 1 fully saturated rings. The first-order valence-corrected chi connectivity index (χ1v) is 11.0. The fourth-order valence-corrected chi connectivity index (χ4v) is 3.65. The molecule has 1 aliphatic rings. The number of fused-ring (bicyclic) bond motifs is 1. The van der Waals surface area contributed by atoms with Crippen LogP contribution >= 0.6 is 0 Å². The van der Waals surface area contributed by atoms with Gasteiger partial charge in [-0.05, 0) is 59.6 Å². The third-order valence-corrected chi connectivity index (χ3v) is 5.01. The van der Waals surface area contributed by atoms with Crippen LogP contribution < -0.4 is 15.2 Å². The highest BCUT2D eigenvalue weighted by Crippen LogP contribution is 2.34. The number of ether oxygens (including phenoxy) is 3. The van der Waals surface area contributed by atoms with E-state index in [1.54, 1.807) is 11.0 Å². The van der Waals surface area contributed by atoms with Crippen molar-refractivity contribution in [3.63, 3.8) is 0 Å². The zero-order valence-corrected chi connectivity index (χ0v) is 19.7. The van der Waals surface area contributed by atoms with Crippen molar-refractivity contribution in [3.05, 3.63) is 29.5 Å². The van der Waals surface area contributed by atoms with Crippen LogP contribution in [0.1, 0.15) is 63.4 Å². The number of nitrogens with two attached hydrogens (primary N) is 1. The Labute approximate surface area is 193 Å². The van der Waals surface area contributed by atoms with Crippen LogP contribution in [-0.2, 0) is 4.74 Å². The van der Waals surface area contributed by atoms with Gasteiger partial charge in [0.2, 0.25) is 5.88 Å². The molecule has 0 aliphatic carbocycles. The van der Waals surface area contributed by atoms with Gasteiger partial charge in [-0.2, -0.15) is 5.26 Å². The van der Waals surface area contributed by atoms with Crippen molar-refractivity contribution >= 4 is 22.8 Å². The largest absolute Gasteiger partial charge is 0.490 e. The van der Waals surface area contributed by atoms with Gasteiger partial charge in [0.1, 0.15) is 23.5 Å². The molecule has 33 heavy (non-hydrogen) atoms. The number of amides is 2. The molecule has 0 spiro atoms. The van der Waals surface area contributed by atoms with Crippen molar-refractivity contribution < 1.29 is 23.8 Å². The summed E-state index contributed by atoms with van der Waals surface area (Å²) in [6.45, 7) is 10.1. The highest BCUT2D eigenvalue weighted by molar-refractivity contribution is 6.03. The Kier molecular flexibility index (Phi) is 6.96. The Balaban J connectivity index is 1.95. The van der Waals surface area contributed by atoms with Crippen LogP contribution in [0.5, 0.6) is 11.6 Å². The van der Waals surface area contributed by atoms with Gasteiger partial charge in [0.15, 0.2) is 0 Å². The topological polar surface area (TPSA) is 128 Å². The summed E-state index contributed by atoms with van der Waals surface area (Å²) >= 11 is 0. The molecule has 1 aromatic heterocycles. The summed E-state index contributed by atoms with van der Waals surface area (Å²) in [6, 6.07) is 5.26. The van der Waals surface area contributed by atoms with E-state index in [0.29, 0.717) is 35.5 Å². The SMILES string of the molecule is CC(C)Oc1cc2c(O[C@@H]3CCCN(C(=O)OC(C)(C)C)C3)ncc(C#N)c2cc1C(N)=O. The van der Waals surface area contributed by atoms with Crippen LogP contribution in [0, 0.1) is 11.3 Å². The predicted molar refractivity (Wildman–Crippen MR) is 122 cm³/mol. The standard InChI is InChI=1S/C24H30N4O5/c1-14(2)31-20-10-18-17(9-19(20)21(26)29)15(11-25)12-27-22(18)32-16-7-6-8-28(13-16)23(30)33-24(3,4)5/h9-10,12,14,16H,6-8,13H2,1-5H3,(H2,26,29)/t16-/m1/s1. The van der Waals surface area contributed by atoms with Gasteiger partial charge in [-0.15, -0.1) is 0 Å². The number of pyridine rings is 1. The molecule has 9 heteroatoms. The number of aromatic nitrogens is 1. The Morgan fingerprint density at radius 1 is 1.27 bits per heavy atom. The number of primary amides is 1. The highest BCUT2D eigenvalue weighted by Gasteiger charge is 2.29. The summed E-state index contributed by atoms with van der Waals surface area (Å²) in [7, 11) is 0. The average Bonchev–Trinajstić information content (AvgIpc) is 2.72. The van der Waals surface area contributed by atoms with Gasteiger partial charge in [-0.3, -0.25) is 4.79 Å². The minimum atomic E-state index is -0.656. The number of carbonyl (C=O) groups is 2. The van der Waals surface area contributed by atoms with Crippen molar-refractivity contribution in [2.75, 3.05) is 13.1 Å². The first kappa shape index (κ1) is 24.1. The molecule has 1 saturated heterocycles. The molecule has 1 aromatic carbocycles. The summed E-state index contributed by atoms with van der Waals surface area (Å²) in [4.78, 5) is 30.5. The van der Waals surface area contributed by atoms with E-state index >= 15 is 0 Å². The number of hydrogen-bond donors (Lipinski definition) is 1. The van der Waals surface area contributed by atoms with Crippen molar-refractivity contribution in [1.82, 2.24) is 9.88 Å². The molecule has 0 saturated carbocycles. The average molecular weight is 455 g/mol. The fraction of sp³-hybridized carbons (Fsp3) is 0.500. The maximum absolute atomic E-state index is 12.5. The van der Waals surface area contributed by atoms with Gasteiger partial charge in [-0.25, -0.2) is 9.78 Å². The van der Waals surface area contributed by atoms with E-state index in [9.17, 15) is 14.9 Å². The zero-order valence-electron chi connectivity index (χ0n) is 19.7. The lowest BCUT2D eigenvalue weighted by Gasteiger charge is -2.34. The van der Waals surface area contributed by atoms with Gasteiger partial charge in [0.05, 0.1) is 23.8 Å². The summed E-state index contributed by atoms with van der Waals surface area (Å²) in [5.41, 5.74) is 5.43. The maximum Gasteiger partial charge on any atom is 0.410 e. The van der Waals surface area contributed by atoms with Gasteiger partial charge < -0.3 is 24.8 Å². The number of likely N-dealkylation sites (tertiary alicyclic amines) is 1. The number of piperidine rings is 1. The molecule has 1 atom stereocenters. The van der Waals surface area contributed by atoms with E-state index < -0.39 is 11.5 Å². The normalized spacial score (nSPS) is 16.4. The maximum atomic E-state index is 12.5. The Morgan fingerprint density at radius 2 is 2.00 bits per heavy atom. The van der Waals surface area contributed by atoms with E-state index in [1.165, 1.54) is 12.3 Å². The molecule has 2 heterocycles. The van der Waals surface area contributed by atoms with Crippen LogP contribution in [0.3, 0.4) is 0 Å². The molecule has 2 amide bonds. The molecule has 2 aromatic rings. The Bertz CT molecular complexity index is 1100. The zero-order chi connectivity index (χ0) is 24.3. The summed E-state index contributed by atoms with van der Waals surface area (Å²) in [6.07, 6.45) is 2.01. The second-order valence-corrected chi connectivity index (χ2v) is 9.32. The van der Waals surface area contributed by atoms with Crippen molar-refractivity contribution in [1.29, 1.82) is 5.26 Å². The first-order chi connectivity index (χ1) is 15.5. The van der Waals surface area contributed by atoms with Crippen molar-refractivity contribution in [3.8, 4) is 17.7 Å². The molecular formula is C24H30N4O5. The van der Waals surface area contributed by atoms with Gasteiger partial charge in [0, 0.05) is 23.5 Å². The molecule has 1 aliphatic heterocycles. The molecule has 3 rings (SSSR count). The van der Waals surface area contributed by atoms with Crippen molar-refractivity contribution in [2.45, 2.75) is 65.3 Å². The van der Waals surface area contributed by atoms with E-state index in [2.05, 4.69) is 11.1 Å². The third kappa shape index (κ3) is 5.83. The van der Waals surface area contributed by atoms with Gasteiger partial charge in [0.25, 0.3) is 5.91 Å². The third-order valence-electron chi connectivity index (χ3n) is 5.01. The van der Waals surface area contributed by atoms with E-state index in [1.807, 2.05) is 34.6 Å². The van der Waals surface area contributed by atoms with Gasteiger partial charge in [-0.1, -0.05) is 0 Å². The van der Waals surface area contributed by atoms with Crippen molar-refractivity contribution in [2.24, 2.45) is 5.73 Å². The van der Waals surface area contributed by atoms with Crippen LogP contribution in [-0.4, -0.2) is 52.8 Å². The second-order valence-electron chi connectivity index (χ2n) is 9.32. The second kappa shape index (κ2) is 9.53. The quantitative estimate of drug-likeness (QED) is 0.728. The van der Waals surface area contributed by atoms with E-state index in [4.69, 9.17) is 19.9 Å². The number of nitriles is 1. The van der Waals surface area contributed by atoms with Crippen LogP contribution in [0.15, 0.2) is 18.3 Å². The summed E-state index contributed by atoms with van der Waals surface area (Å²) in [5, 5.41) is 10.6. The first-order valence-electron chi connectivity index (χ1n) is 11.0. The number of nitrogens with zero attached hydrogens (tertiary/aromatic N) is 3. The minimum absolute atomic E-state index is 0.179. The van der Waals surface area contributed by atoms with Crippen LogP contribution in [0.2, 0.25) is 0 Å². The molecule has 0 bridgehead atoms. The lowest BCUT2D eigenvalue weighted by molar-refractivity contribution is 0.00742. The summed E-state index contributed by atoms with van der Waals surface area (Å²) < 4.78 is 17.5. The molecule has 0 unspecified atom stereocenters. The monoisotopic (exact) mass is 454 g/mol. The van der Waals surface area contributed by atoms with E-state index in [0.717, 1.165) is 12.8 Å². The lowest BCUT2D eigenvalue weighted by Crippen LogP contribution is -2.46. The Hall–Kier alpha value is -3.54. The molecule has 2 N–H and O–H groups in total. The Morgan fingerprint density at radius 3 is 2.61 bits per heavy atom. The fourth-order valence-electron chi connectivity index (χ4n) is 3.65. The molecule has 176 valence electrons. The van der Waals surface area contributed by atoms with Crippen LogP contribution in [0.25, 0.3) is 10.8 Å². The number of benzene rings is 1. The van der Waals surface area contributed by atoms with Crippen LogP contribution in [0.4, 0.5) is 4.79 Å². The molecular weight excluding hydrogens is 424 g/mol. The predicted octanol–water partition coefficient (Wildman–Crippen LogP) is 3.77. The minimum Gasteiger partial charge on any atom is -0.490 e. The van der Waals surface area contributed by atoms with E-state index in [-0.39, 0.29) is 29.4 Å². The summed E-state index contributed by atoms with van der Waals surface area (Å²) in [5.74, 6) is -0.0635. The highest BCUT2D eigenvalue weighted by atomic mass is 16.6. The lowest BCUT2D eigenvalue weighted by atomic mass is 10.0. The van der Waals surface area contributed by atoms with Gasteiger partial charge >= 0.3 is 6.09 Å². The number of carbonyl (C=O) groups excluding carboxylic acids is 2. The number of hydrogen-bond acceptors (Lipinski definition) is 7.